The van der Waals surface area contributed by atoms with Gasteiger partial charge in [0.2, 0.25) is 0 Å². The lowest BCUT2D eigenvalue weighted by atomic mass is 9.88. The van der Waals surface area contributed by atoms with Crippen molar-refractivity contribution in [3.05, 3.63) is 59.4 Å². The number of rotatable bonds is 4. The van der Waals surface area contributed by atoms with Crippen LogP contribution in [0.1, 0.15) is 23.1 Å². The van der Waals surface area contributed by atoms with Crippen LogP contribution in [0.3, 0.4) is 0 Å². The summed E-state index contributed by atoms with van der Waals surface area (Å²) in [6.45, 7) is 0. The smallest absolute Gasteiger partial charge is 0.165 e. The Morgan fingerprint density at radius 2 is 2.10 bits per heavy atom. The zero-order valence-electron chi connectivity index (χ0n) is 12.1. The van der Waals surface area contributed by atoms with Gasteiger partial charge in [-0.3, -0.25) is 0 Å². The van der Waals surface area contributed by atoms with E-state index in [2.05, 4.69) is 29.6 Å². The molecule has 1 aliphatic heterocycles. The van der Waals surface area contributed by atoms with Gasteiger partial charge in [0.25, 0.3) is 0 Å². The highest BCUT2D eigenvalue weighted by Crippen LogP contribution is 2.45. The van der Waals surface area contributed by atoms with Crippen LogP contribution in [0.25, 0.3) is 0 Å². The third-order valence-corrected chi connectivity index (χ3v) is 5.19. The highest BCUT2D eigenvalue weighted by Gasteiger charge is 2.30. The van der Waals surface area contributed by atoms with Gasteiger partial charge in [-0.05, 0) is 36.4 Å². The van der Waals surface area contributed by atoms with Crippen molar-refractivity contribution in [2.75, 3.05) is 19.9 Å². The number of thioether (sulfide) groups is 1. The summed E-state index contributed by atoms with van der Waals surface area (Å²) in [5, 5.41) is 3.35. The number of ether oxygens (including phenoxy) is 1. The number of hydrogen-bond donors (Lipinski definition) is 1. The van der Waals surface area contributed by atoms with E-state index in [1.54, 1.807) is 12.1 Å². The molecule has 0 aliphatic carbocycles. The van der Waals surface area contributed by atoms with Gasteiger partial charge in [-0.1, -0.05) is 24.3 Å². The lowest BCUT2D eigenvalue weighted by Crippen LogP contribution is -2.24. The molecule has 4 heteroatoms. The Balaban J connectivity index is 1.95. The first kappa shape index (κ1) is 14.4. The van der Waals surface area contributed by atoms with Crippen molar-refractivity contribution in [3.8, 4) is 5.75 Å². The second kappa shape index (κ2) is 6.08. The number of fused-ring (bicyclic) bond motifs is 1. The lowest BCUT2D eigenvalue weighted by Gasteiger charge is -2.24. The maximum absolute atomic E-state index is 14.0. The van der Waals surface area contributed by atoms with Gasteiger partial charge in [0.15, 0.2) is 11.6 Å². The number of likely N-dealkylation sites (N-methyl/N-ethyl adjacent to an activating group) is 1. The van der Waals surface area contributed by atoms with Crippen LogP contribution in [0.4, 0.5) is 4.39 Å². The fourth-order valence-corrected chi connectivity index (χ4v) is 4.23. The molecule has 1 heterocycles. The van der Waals surface area contributed by atoms with Crippen LogP contribution < -0.4 is 10.1 Å². The largest absolute Gasteiger partial charge is 0.494 e. The van der Waals surface area contributed by atoms with Gasteiger partial charge in [0, 0.05) is 22.6 Å². The summed E-state index contributed by atoms with van der Waals surface area (Å²) in [4.78, 5) is 1.33. The lowest BCUT2D eigenvalue weighted by molar-refractivity contribution is 0.385. The number of halogens is 1. The summed E-state index contributed by atoms with van der Waals surface area (Å²) in [5.41, 5.74) is 2.30. The topological polar surface area (TPSA) is 21.3 Å². The zero-order valence-corrected chi connectivity index (χ0v) is 12.9. The molecule has 21 heavy (non-hydrogen) atoms. The minimum atomic E-state index is -0.311. The Kier molecular flexibility index (Phi) is 4.17. The third-order valence-electron chi connectivity index (χ3n) is 3.99. The summed E-state index contributed by atoms with van der Waals surface area (Å²) in [7, 11) is 3.41. The molecule has 0 fully saturated rings. The fourth-order valence-electron chi connectivity index (χ4n) is 2.94. The van der Waals surface area contributed by atoms with Crippen molar-refractivity contribution in [3.63, 3.8) is 0 Å². The predicted molar refractivity (Wildman–Crippen MR) is 84.7 cm³/mol. The number of hydrogen-bond acceptors (Lipinski definition) is 3. The van der Waals surface area contributed by atoms with Crippen LogP contribution in [-0.4, -0.2) is 19.9 Å². The van der Waals surface area contributed by atoms with Gasteiger partial charge in [-0.15, -0.1) is 11.8 Å². The molecule has 1 N–H and O–H groups in total. The standard InChI is InChI=1S/C17H18FNOS/c1-19-17(11-7-8-15(20-2)14(18)9-11)13-10-21-16-6-4-3-5-12(13)16/h3-9,13,17,19H,10H2,1-2H3. The van der Waals surface area contributed by atoms with Crippen LogP contribution in [0.2, 0.25) is 0 Å². The molecule has 2 unspecified atom stereocenters. The average Bonchev–Trinajstić information content (AvgIpc) is 2.93. The van der Waals surface area contributed by atoms with E-state index in [0.29, 0.717) is 5.92 Å². The van der Waals surface area contributed by atoms with Crippen molar-refractivity contribution in [1.29, 1.82) is 0 Å². The molecular weight excluding hydrogens is 285 g/mol. The maximum atomic E-state index is 14.0. The van der Waals surface area contributed by atoms with E-state index >= 15 is 0 Å². The molecule has 0 spiro atoms. The molecule has 2 nitrogen and oxygen atoms in total. The van der Waals surface area contributed by atoms with Crippen LogP contribution in [0.15, 0.2) is 47.4 Å². The minimum absolute atomic E-state index is 0.0987. The predicted octanol–water partition coefficient (Wildman–Crippen LogP) is 3.98. The molecule has 0 saturated carbocycles. The summed E-state index contributed by atoms with van der Waals surface area (Å²) < 4.78 is 19.0. The molecule has 110 valence electrons. The second-order valence-corrected chi connectivity index (χ2v) is 6.18. The minimum Gasteiger partial charge on any atom is -0.494 e. The third kappa shape index (κ3) is 2.65. The van der Waals surface area contributed by atoms with Crippen LogP contribution in [0.5, 0.6) is 5.75 Å². The molecule has 3 rings (SSSR count). The van der Waals surface area contributed by atoms with Crippen molar-refractivity contribution in [2.45, 2.75) is 16.9 Å². The van der Waals surface area contributed by atoms with E-state index in [0.717, 1.165) is 11.3 Å². The van der Waals surface area contributed by atoms with Gasteiger partial charge in [0.1, 0.15) is 0 Å². The number of benzene rings is 2. The average molecular weight is 303 g/mol. The first-order valence-corrected chi connectivity index (χ1v) is 7.95. The summed E-state index contributed by atoms with van der Waals surface area (Å²) in [6.07, 6.45) is 0. The van der Waals surface area contributed by atoms with E-state index in [1.165, 1.54) is 17.6 Å². The first-order valence-electron chi connectivity index (χ1n) is 6.97. The van der Waals surface area contributed by atoms with Gasteiger partial charge in [-0.25, -0.2) is 4.39 Å². The Morgan fingerprint density at radius 3 is 2.81 bits per heavy atom. The molecule has 0 amide bonds. The van der Waals surface area contributed by atoms with E-state index < -0.39 is 0 Å². The van der Waals surface area contributed by atoms with Crippen molar-refractivity contribution in [1.82, 2.24) is 5.32 Å². The van der Waals surface area contributed by atoms with E-state index in [4.69, 9.17) is 4.74 Å². The Labute approximate surface area is 128 Å². The normalized spacial score (nSPS) is 18.3. The molecule has 0 bridgehead atoms. The van der Waals surface area contributed by atoms with Gasteiger partial charge >= 0.3 is 0 Å². The second-order valence-electron chi connectivity index (χ2n) is 5.12. The maximum Gasteiger partial charge on any atom is 0.165 e. The van der Waals surface area contributed by atoms with Gasteiger partial charge in [0.05, 0.1) is 7.11 Å². The van der Waals surface area contributed by atoms with E-state index in [9.17, 15) is 4.39 Å². The van der Waals surface area contributed by atoms with Crippen molar-refractivity contribution in [2.24, 2.45) is 0 Å². The van der Waals surface area contributed by atoms with Crippen LogP contribution in [-0.2, 0) is 0 Å². The zero-order chi connectivity index (χ0) is 14.8. The van der Waals surface area contributed by atoms with Gasteiger partial charge in [-0.2, -0.15) is 0 Å². The number of methoxy groups -OCH3 is 1. The highest BCUT2D eigenvalue weighted by atomic mass is 32.2. The highest BCUT2D eigenvalue weighted by molar-refractivity contribution is 7.99. The van der Waals surface area contributed by atoms with Crippen molar-refractivity contribution >= 4 is 11.8 Å². The molecule has 0 aromatic heterocycles. The Morgan fingerprint density at radius 1 is 1.29 bits per heavy atom. The molecule has 2 atom stereocenters. The van der Waals surface area contributed by atoms with Crippen molar-refractivity contribution < 1.29 is 9.13 Å². The molecule has 0 radical (unpaired) electrons. The number of nitrogens with one attached hydrogen (secondary N) is 1. The monoisotopic (exact) mass is 303 g/mol. The Hall–Kier alpha value is -1.52. The SMILES string of the molecule is CNC(c1ccc(OC)c(F)c1)C1CSc2ccccc21. The molecule has 2 aromatic carbocycles. The summed E-state index contributed by atoms with van der Waals surface area (Å²) in [6, 6.07) is 13.8. The van der Waals surface area contributed by atoms with E-state index in [1.807, 2.05) is 24.9 Å². The molecule has 0 saturated heterocycles. The molecular formula is C17H18FNOS. The first-order chi connectivity index (χ1) is 10.2. The van der Waals surface area contributed by atoms with Gasteiger partial charge < -0.3 is 10.1 Å². The van der Waals surface area contributed by atoms with E-state index in [-0.39, 0.29) is 17.6 Å². The molecule has 1 aliphatic rings. The van der Waals surface area contributed by atoms with Crippen LogP contribution in [0, 0.1) is 5.82 Å². The molecule has 2 aromatic rings. The quantitative estimate of drug-likeness (QED) is 0.923. The summed E-state index contributed by atoms with van der Waals surface area (Å²) >= 11 is 1.87. The summed E-state index contributed by atoms with van der Waals surface area (Å²) in [5.74, 6) is 1.34. The van der Waals surface area contributed by atoms with Crippen LogP contribution >= 0.6 is 11.8 Å². The fraction of sp³-hybridized carbons (Fsp3) is 0.294. The Bertz CT molecular complexity index is 646.